The van der Waals surface area contributed by atoms with Crippen molar-refractivity contribution >= 4 is 39.2 Å². The summed E-state index contributed by atoms with van der Waals surface area (Å²) >= 11 is 1.23. The molecule has 0 saturated carbocycles. The number of ketones is 1. The van der Waals surface area contributed by atoms with Crippen molar-refractivity contribution < 1.29 is 18.0 Å². The summed E-state index contributed by atoms with van der Waals surface area (Å²) in [4.78, 5) is 29.4. The van der Waals surface area contributed by atoms with Crippen molar-refractivity contribution in [2.24, 2.45) is 0 Å². The lowest BCUT2D eigenvalue weighted by atomic mass is 10.1. The zero-order chi connectivity index (χ0) is 24.1. The number of carbonyl (C=O) groups excluding carboxylic acids is 2. The number of thioether (sulfide) groups is 1. The molecule has 3 aromatic rings. The topological polar surface area (TPSA) is 96.4 Å². The predicted molar refractivity (Wildman–Crippen MR) is 132 cm³/mol. The molecular weight excluding hydrogens is 470 g/mol. The van der Waals surface area contributed by atoms with E-state index in [1.165, 1.54) is 29.2 Å². The molecule has 0 radical (unpaired) electrons. The maximum atomic E-state index is 13.3. The normalized spacial score (nSPS) is 15.1. The first-order chi connectivity index (χ1) is 16.3. The largest absolute Gasteiger partial charge is 0.325 e. The highest BCUT2D eigenvalue weighted by Crippen LogP contribution is 2.36. The van der Waals surface area contributed by atoms with Crippen molar-refractivity contribution in [2.75, 3.05) is 18.4 Å². The van der Waals surface area contributed by atoms with Crippen molar-refractivity contribution in [3.8, 4) is 0 Å². The molecule has 7 nitrogen and oxygen atoms in total. The Morgan fingerprint density at radius 3 is 2.38 bits per heavy atom. The van der Waals surface area contributed by atoms with Crippen LogP contribution in [0.4, 0.5) is 5.69 Å². The third-order valence-corrected chi connectivity index (χ3v) is 8.61. The second-order valence-electron chi connectivity index (χ2n) is 7.98. The summed E-state index contributed by atoms with van der Waals surface area (Å²) in [5.74, 6) is -0.356. The number of anilines is 1. The molecule has 1 atom stereocenters. The number of hydrogen-bond acceptors (Lipinski definition) is 6. The molecule has 1 fully saturated rings. The Hall–Kier alpha value is -3.01. The van der Waals surface area contributed by atoms with Gasteiger partial charge in [-0.1, -0.05) is 54.2 Å². The Kier molecular flexibility index (Phi) is 7.45. The molecule has 1 aromatic heterocycles. The van der Waals surface area contributed by atoms with Crippen LogP contribution in [0.15, 0.2) is 82.8 Å². The van der Waals surface area contributed by atoms with Crippen LogP contribution in [-0.2, 0) is 14.8 Å². The van der Waals surface area contributed by atoms with Crippen molar-refractivity contribution in [1.29, 1.82) is 0 Å². The molecule has 0 aliphatic carbocycles. The third-order valence-electron chi connectivity index (χ3n) is 5.53. The van der Waals surface area contributed by atoms with Gasteiger partial charge < -0.3 is 5.32 Å². The van der Waals surface area contributed by atoms with Crippen LogP contribution in [0.1, 0.15) is 40.9 Å². The number of pyridine rings is 1. The highest BCUT2D eigenvalue weighted by atomic mass is 32.2. The lowest BCUT2D eigenvalue weighted by Crippen LogP contribution is -2.27. The molecule has 1 amide bonds. The van der Waals surface area contributed by atoms with E-state index in [-0.39, 0.29) is 16.6 Å². The predicted octanol–water partition coefficient (Wildman–Crippen LogP) is 4.54. The van der Waals surface area contributed by atoms with Gasteiger partial charge in [-0.3, -0.25) is 9.59 Å². The minimum Gasteiger partial charge on any atom is -0.325 e. The lowest BCUT2D eigenvalue weighted by molar-refractivity contribution is -0.115. The van der Waals surface area contributed by atoms with Crippen molar-refractivity contribution in [3.63, 3.8) is 0 Å². The molecule has 1 aliphatic rings. The van der Waals surface area contributed by atoms with Crippen molar-refractivity contribution in [2.45, 2.75) is 34.9 Å². The number of Topliss-reactive ketones (excluding diaryl/α,β-unsaturated/α-hetero) is 1. The van der Waals surface area contributed by atoms with Crippen LogP contribution < -0.4 is 5.32 Å². The molecule has 1 saturated heterocycles. The van der Waals surface area contributed by atoms with Gasteiger partial charge in [-0.15, -0.1) is 0 Å². The maximum Gasteiger partial charge on any atom is 0.244 e. The van der Waals surface area contributed by atoms with E-state index in [4.69, 9.17) is 0 Å². The zero-order valence-corrected chi connectivity index (χ0v) is 20.3. The van der Waals surface area contributed by atoms with Crippen LogP contribution in [0.25, 0.3) is 0 Å². The number of rotatable bonds is 8. The second kappa shape index (κ2) is 10.5. The molecule has 4 rings (SSSR count). The van der Waals surface area contributed by atoms with Crippen LogP contribution in [0.3, 0.4) is 0 Å². The number of amides is 1. The van der Waals surface area contributed by atoms with Gasteiger partial charge in [0.05, 0.1) is 5.03 Å². The summed E-state index contributed by atoms with van der Waals surface area (Å²) in [5.41, 5.74) is 1.82. The number of nitrogens with one attached hydrogen (secondary N) is 1. The first-order valence-corrected chi connectivity index (χ1v) is 13.3. The van der Waals surface area contributed by atoms with E-state index in [0.29, 0.717) is 29.4 Å². The summed E-state index contributed by atoms with van der Waals surface area (Å²) in [6.07, 6.45) is 3.08. The highest BCUT2D eigenvalue weighted by Gasteiger charge is 2.28. The van der Waals surface area contributed by atoms with Gasteiger partial charge in [0, 0.05) is 30.5 Å². The van der Waals surface area contributed by atoms with E-state index >= 15 is 0 Å². The first kappa shape index (κ1) is 24.1. The van der Waals surface area contributed by atoms with Crippen LogP contribution in [0.5, 0.6) is 0 Å². The summed E-state index contributed by atoms with van der Waals surface area (Å²) in [7, 11) is -3.55. The Labute approximate surface area is 203 Å². The SMILES string of the molecule is CC(=O)c1cccc(NC(=O)[C@@H](Sc2ccc(S(=O)(=O)N3CCCC3)cn2)c2ccccc2)c1. The fourth-order valence-electron chi connectivity index (χ4n) is 3.71. The van der Waals surface area contributed by atoms with E-state index < -0.39 is 15.3 Å². The van der Waals surface area contributed by atoms with Crippen LogP contribution in [-0.4, -0.2) is 42.5 Å². The number of nitrogens with zero attached hydrogens (tertiary/aromatic N) is 2. The summed E-state index contributed by atoms with van der Waals surface area (Å²) in [5, 5.41) is 2.79. The number of carbonyl (C=O) groups is 2. The van der Waals surface area contributed by atoms with Gasteiger partial charge in [0.2, 0.25) is 15.9 Å². The number of hydrogen-bond donors (Lipinski definition) is 1. The van der Waals surface area contributed by atoms with Crippen LogP contribution in [0.2, 0.25) is 0 Å². The third kappa shape index (κ3) is 5.55. The molecular formula is C25H25N3O4S2. The molecule has 2 heterocycles. The second-order valence-corrected chi connectivity index (χ2v) is 11.0. The van der Waals surface area contributed by atoms with E-state index in [1.807, 2.05) is 30.3 Å². The van der Waals surface area contributed by atoms with Gasteiger partial charge in [0.1, 0.15) is 10.1 Å². The molecule has 9 heteroatoms. The minimum atomic E-state index is -3.55. The molecule has 1 N–H and O–H groups in total. The smallest absolute Gasteiger partial charge is 0.244 e. The van der Waals surface area contributed by atoms with E-state index in [9.17, 15) is 18.0 Å². The van der Waals surface area contributed by atoms with Gasteiger partial charge in [-0.05, 0) is 49.6 Å². The Bertz CT molecular complexity index is 1270. The van der Waals surface area contributed by atoms with Crippen molar-refractivity contribution in [3.05, 3.63) is 84.1 Å². The fraction of sp³-hybridized carbons (Fsp3) is 0.240. The monoisotopic (exact) mass is 495 g/mol. The Morgan fingerprint density at radius 2 is 1.74 bits per heavy atom. The summed E-state index contributed by atoms with van der Waals surface area (Å²) < 4.78 is 27.0. The van der Waals surface area contributed by atoms with Crippen LogP contribution >= 0.6 is 11.8 Å². The molecule has 1 aliphatic heterocycles. The van der Waals surface area contributed by atoms with Gasteiger partial charge >= 0.3 is 0 Å². The van der Waals surface area contributed by atoms with Crippen LogP contribution in [0, 0.1) is 0 Å². The van der Waals surface area contributed by atoms with E-state index in [1.54, 1.807) is 36.4 Å². The van der Waals surface area contributed by atoms with E-state index in [0.717, 1.165) is 18.4 Å². The lowest BCUT2D eigenvalue weighted by Gasteiger charge is -2.18. The fourth-order valence-corrected chi connectivity index (χ4v) is 6.14. The van der Waals surface area contributed by atoms with Gasteiger partial charge in [-0.25, -0.2) is 13.4 Å². The Balaban J connectivity index is 1.55. The zero-order valence-electron chi connectivity index (χ0n) is 18.7. The molecule has 0 unspecified atom stereocenters. The Morgan fingerprint density at radius 1 is 1.00 bits per heavy atom. The van der Waals surface area contributed by atoms with Gasteiger partial charge in [0.15, 0.2) is 5.78 Å². The molecule has 176 valence electrons. The minimum absolute atomic E-state index is 0.0849. The quantitative estimate of drug-likeness (QED) is 0.364. The van der Waals surface area contributed by atoms with E-state index in [2.05, 4.69) is 10.3 Å². The van der Waals surface area contributed by atoms with Gasteiger partial charge in [0.25, 0.3) is 0 Å². The highest BCUT2D eigenvalue weighted by molar-refractivity contribution is 8.00. The van der Waals surface area contributed by atoms with Crippen molar-refractivity contribution in [1.82, 2.24) is 9.29 Å². The average molecular weight is 496 g/mol. The number of benzene rings is 2. The standard InChI is InChI=1S/C25H25N3O4S2/c1-18(29)20-10-7-11-21(16-20)27-25(30)24(19-8-3-2-4-9-19)33-23-13-12-22(17-26-23)34(31,32)28-14-5-6-15-28/h2-4,7-13,16-17,24H,5-6,14-15H2,1H3,(H,27,30)/t24-/m0/s1. The summed E-state index contributed by atoms with van der Waals surface area (Å²) in [6.45, 7) is 2.53. The number of sulfonamides is 1. The molecule has 2 aromatic carbocycles. The maximum absolute atomic E-state index is 13.3. The molecule has 0 spiro atoms. The summed E-state index contributed by atoms with van der Waals surface area (Å²) in [6, 6.07) is 19.3. The number of aromatic nitrogens is 1. The molecule has 0 bridgehead atoms. The first-order valence-electron chi connectivity index (χ1n) is 10.9. The average Bonchev–Trinajstić information content (AvgIpc) is 3.39. The molecule has 34 heavy (non-hydrogen) atoms. The van der Waals surface area contributed by atoms with Gasteiger partial charge in [-0.2, -0.15) is 4.31 Å².